The number of piperidine rings is 1. The van der Waals surface area contributed by atoms with E-state index in [1.807, 2.05) is 6.08 Å². The lowest BCUT2D eigenvalue weighted by Crippen LogP contribution is -2.43. The largest absolute Gasteiger partial charge is 0.293 e. The summed E-state index contributed by atoms with van der Waals surface area (Å²) < 4.78 is 0. The molecule has 0 aliphatic carbocycles. The molecule has 0 aromatic rings. The molecule has 1 heterocycles. The van der Waals surface area contributed by atoms with E-state index < -0.39 is 0 Å². The zero-order valence-electron chi connectivity index (χ0n) is 8.04. The van der Waals surface area contributed by atoms with Gasteiger partial charge in [-0.05, 0) is 25.5 Å². The van der Waals surface area contributed by atoms with Crippen molar-refractivity contribution in [2.75, 3.05) is 13.1 Å². The number of carbonyl (C=O) groups is 1. The SMILES string of the molecule is C=CCN1CCCCC1C(=O)C=C. The van der Waals surface area contributed by atoms with Gasteiger partial charge in [0.1, 0.15) is 0 Å². The third kappa shape index (κ3) is 2.52. The predicted molar refractivity (Wildman–Crippen MR) is 54.6 cm³/mol. The van der Waals surface area contributed by atoms with Crippen molar-refractivity contribution in [2.45, 2.75) is 25.3 Å². The van der Waals surface area contributed by atoms with Gasteiger partial charge >= 0.3 is 0 Å². The van der Waals surface area contributed by atoms with E-state index in [0.29, 0.717) is 0 Å². The van der Waals surface area contributed by atoms with Crippen LogP contribution >= 0.6 is 0 Å². The third-order valence-electron chi connectivity index (χ3n) is 2.51. The second-order valence-electron chi connectivity index (χ2n) is 3.40. The minimum Gasteiger partial charge on any atom is -0.293 e. The molecule has 1 atom stereocenters. The van der Waals surface area contributed by atoms with Crippen molar-refractivity contribution >= 4 is 5.78 Å². The van der Waals surface area contributed by atoms with Crippen molar-refractivity contribution in [1.82, 2.24) is 4.90 Å². The molecular weight excluding hydrogens is 162 g/mol. The van der Waals surface area contributed by atoms with Crippen LogP contribution in [0.2, 0.25) is 0 Å². The average Bonchev–Trinajstić information content (AvgIpc) is 2.18. The van der Waals surface area contributed by atoms with Gasteiger partial charge in [0.05, 0.1) is 6.04 Å². The highest BCUT2D eigenvalue weighted by Crippen LogP contribution is 2.17. The van der Waals surface area contributed by atoms with Gasteiger partial charge in [-0.25, -0.2) is 0 Å². The van der Waals surface area contributed by atoms with Crippen molar-refractivity contribution in [2.24, 2.45) is 0 Å². The van der Waals surface area contributed by atoms with Crippen molar-refractivity contribution < 1.29 is 4.79 Å². The van der Waals surface area contributed by atoms with Crippen LogP contribution in [0.4, 0.5) is 0 Å². The van der Waals surface area contributed by atoms with E-state index in [-0.39, 0.29) is 11.8 Å². The van der Waals surface area contributed by atoms with Gasteiger partial charge in [0, 0.05) is 6.54 Å². The van der Waals surface area contributed by atoms with E-state index in [0.717, 1.165) is 25.9 Å². The van der Waals surface area contributed by atoms with Crippen LogP contribution in [0.5, 0.6) is 0 Å². The molecule has 1 aliphatic heterocycles. The van der Waals surface area contributed by atoms with E-state index in [1.54, 1.807) is 0 Å². The Morgan fingerprint density at radius 3 is 2.85 bits per heavy atom. The Morgan fingerprint density at radius 2 is 2.23 bits per heavy atom. The zero-order valence-corrected chi connectivity index (χ0v) is 8.04. The fraction of sp³-hybridized carbons (Fsp3) is 0.545. The molecule has 1 saturated heterocycles. The zero-order chi connectivity index (χ0) is 9.68. The Morgan fingerprint density at radius 1 is 1.46 bits per heavy atom. The van der Waals surface area contributed by atoms with Crippen LogP contribution in [0.3, 0.4) is 0 Å². The van der Waals surface area contributed by atoms with Gasteiger partial charge in [-0.2, -0.15) is 0 Å². The molecule has 1 fully saturated rings. The minimum atomic E-state index is 0.0595. The number of hydrogen-bond acceptors (Lipinski definition) is 2. The first-order chi connectivity index (χ1) is 6.29. The molecule has 13 heavy (non-hydrogen) atoms. The Balaban J connectivity index is 2.60. The highest BCUT2D eigenvalue weighted by molar-refractivity contribution is 5.93. The smallest absolute Gasteiger partial charge is 0.172 e. The van der Waals surface area contributed by atoms with Crippen molar-refractivity contribution in [3.8, 4) is 0 Å². The fourth-order valence-electron chi connectivity index (χ4n) is 1.83. The quantitative estimate of drug-likeness (QED) is 0.484. The minimum absolute atomic E-state index is 0.0595. The Kier molecular flexibility index (Phi) is 3.90. The fourth-order valence-corrected chi connectivity index (χ4v) is 1.83. The topological polar surface area (TPSA) is 20.3 Å². The molecule has 0 saturated carbocycles. The highest BCUT2D eigenvalue weighted by atomic mass is 16.1. The summed E-state index contributed by atoms with van der Waals surface area (Å²) in [6.45, 7) is 9.04. The van der Waals surface area contributed by atoms with Crippen LogP contribution in [0.1, 0.15) is 19.3 Å². The average molecular weight is 179 g/mol. The summed E-state index contributed by atoms with van der Waals surface area (Å²) in [5, 5.41) is 0. The molecular formula is C11H17NO. The van der Waals surface area contributed by atoms with Crippen LogP contribution in [0.15, 0.2) is 25.3 Å². The second-order valence-corrected chi connectivity index (χ2v) is 3.40. The molecule has 0 aromatic heterocycles. The molecule has 1 aliphatic rings. The van der Waals surface area contributed by atoms with Gasteiger partial charge < -0.3 is 0 Å². The summed E-state index contributed by atoms with van der Waals surface area (Å²) in [7, 11) is 0. The monoisotopic (exact) mass is 179 g/mol. The summed E-state index contributed by atoms with van der Waals surface area (Å²) in [6, 6.07) is 0.0595. The van der Waals surface area contributed by atoms with Crippen molar-refractivity contribution in [3.63, 3.8) is 0 Å². The molecule has 1 rings (SSSR count). The summed E-state index contributed by atoms with van der Waals surface area (Å²) >= 11 is 0. The summed E-state index contributed by atoms with van der Waals surface area (Å²) in [5.41, 5.74) is 0. The van der Waals surface area contributed by atoms with Gasteiger partial charge in [-0.15, -0.1) is 6.58 Å². The molecule has 0 aromatic carbocycles. The van der Waals surface area contributed by atoms with Gasteiger partial charge in [0.15, 0.2) is 5.78 Å². The van der Waals surface area contributed by atoms with Gasteiger partial charge in [-0.3, -0.25) is 9.69 Å². The Labute approximate surface area is 79.9 Å². The van der Waals surface area contributed by atoms with Crippen LogP contribution < -0.4 is 0 Å². The molecule has 2 nitrogen and oxygen atoms in total. The number of rotatable bonds is 4. The number of carbonyl (C=O) groups excluding carboxylic acids is 1. The summed E-state index contributed by atoms with van der Waals surface area (Å²) in [6.07, 6.45) is 6.60. The Hall–Kier alpha value is -0.890. The third-order valence-corrected chi connectivity index (χ3v) is 2.51. The normalized spacial score (nSPS) is 23.8. The lowest BCUT2D eigenvalue weighted by atomic mass is 9.98. The van der Waals surface area contributed by atoms with Crippen LogP contribution in [-0.2, 0) is 4.79 Å². The molecule has 0 spiro atoms. The molecule has 0 amide bonds. The molecule has 72 valence electrons. The maximum atomic E-state index is 11.5. The van der Waals surface area contributed by atoms with Crippen molar-refractivity contribution in [1.29, 1.82) is 0 Å². The van der Waals surface area contributed by atoms with E-state index in [9.17, 15) is 4.79 Å². The van der Waals surface area contributed by atoms with E-state index in [2.05, 4.69) is 18.1 Å². The predicted octanol–water partition coefficient (Wildman–Crippen LogP) is 1.78. The first kappa shape index (κ1) is 10.2. The maximum Gasteiger partial charge on any atom is 0.172 e. The van der Waals surface area contributed by atoms with Crippen LogP contribution in [0, 0.1) is 0 Å². The number of ketones is 1. The van der Waals surface area contributed by atoms with E-state index in [4.69, 9.17) is 0 Å². The van der Waals surface area contributed by atoms with Crippen molar-refractivity contribution in [3.05, 3.63) is 25.3 Å². The molecule has 0 N–H and O–H groups in total. The van der Waals surface area contributed by atoms with E-state index in [1.165, 1.54) is 12.5 Å². The van der Waals surface area contributed by atoms with Crippen LogP contribution in [-0.4, -0.2) is 29.8 Å². The lowest BCUT2D eigenvalue weighted by Gasteiger charge is -2.33. The van der Waals surface area contributed by atoms with Crippen LogP contribution in [0.25, 0.3) is 0 Å². The molecule has 0 bridgehead atoms. The number of nitrogens with zero attached hydrogens (tertiary/aromatic N) is 1. The lowest BCUT2D eigenvalue weighted by molar-refractivity contribution is -0.120. The number of hydrogen-bond donors (Lipinski definition) is 0. The van der Waals surface area contributed by atoms with Gasteiger partial charge in [0.2, 0.25) is 0 Å². The summed E-state index contributed by atoms with van der Waals surface area (Å²) in [5.74, 6) is 0.154. The molecule has 0 radical (unpaired) electrons. The molecule has 2 heteroatoms. The Bertz CT molecular complexity index is 210. The number of likely N-dealkylation sites (tertiary alicyclic amines) is 1. The standard InChI is InChI=1S/C11H17NO/c1-3-8-12-9-6-5-7-10(12)11(13)4-2/h3-4,10H,1-2,5-9H2. The van der Waals surface area contributed by atoms with E-state index >= 15 is 0 Å². The first-order valence-electron chi connectivity index (χ1n) is 4.81. The highest BCUT2D eigenvalue weighted by Gasteiger charge is 2.25. The van der Waals surface area contributed by atoms with Gasteiger partial charge in [-0.1, -0.05) is 19.1 Å². The first-order valence-corrected chi connectivity index (χ1v) is 4.81. The second kappa shape index (κ2) is 4.97. The summed E-state index contributed by atoms with van der Waals surface area (Å²) in [4.78, 5) is 13.6. The van der Waals surface area contributed by atoms with Gasteiger partial charge in [0.25, 0.3) is 0 Å². The molecule has 1 unspecified atom stereocenters. The maximum absolute atomic E-state index is 11.5.